The quantitative estimate of drug-likeness (QED) is 0.557. The van der Waals surface area contributed by atoms with E-state index in [4.69, 9.17) is 4.74 Å². The maximum Gasteiger partial charge on any atom is 0.0736 e. The number of methoxy groups -OCH3 is 1. The third-order valence-electron chi connectivity index (χ3n) is 2.50. The summed E-state index contributed by atoms with van der Waals surface area (Å²) in [5.41, 5.74) is 1.31. The maximum absolute atomic E-state index is 5.27. The van der Waals surface area contributed by atoms with Gasteiger partial charge in [0.05, 0.1) is 12.1 Å². The van der Waals surface area contributed by atoms with Gasteiger partial charge in [-0.25, -0.2) is 0 Å². The molecule has 2 unspecified atom stereocenters. The fourth-order valence-corrected chi connectivity index (χ4v) is 1.74. The Labute approximate surface area is 68.8 Å². The van der Waals surface area contributed by atoms with Gasteiger partial charge in [-0.05, 0) is 20.4 Å². The van der Waals surface area contributed by atoms with Crippen LogP contribution in [0.3, 0.4) is 0 Å². The van der Waals surface area contributed by atoms with Crippen molar-refractivity contribution < 1.29 is 4.74 Å². The normalized spacial score (nSPS) is 29.4. The lowest BCUT2D eigenvalue weighted by Gasteiger charge is -2.25. The van der Waals surface area contributed by atoms with Crippen LogP contribution in [0.4, 0.5) is 0 Å². The molecule has 2 atom stereocenters. The number of likely N-dealkylation sites (tertiary alicyclic amines) is 1. The fourth-order valence-electron chi connectivity index (χ4n) is 1.74. The Bertz CT molecular complexity index is 156. The summed E-state index contributed by atoms with van der Waals surface area (Å²) < 4.78 is 5.27. The fraction of sp³-hybridized carbons (Fsp3) is 0.778. The molecule has 2 heteroatoms. The molecule has 64 valence electrons. The SMILES string of the molecule is C=C1CCN(C)C1C(C)OC. The predicted molar refractivity (Wildman–Crippen MR) is 46.6 cm³/mol. The van der Waals surface area contributed by atoms with Crippen LogP contribution in [0.25, 0.3) is 0 Å². The molecule has 1 fully saturated rings. The number of likely N-dealkylation sites (N-methyl/N-ethyl adjacent to an activating group) is 1. The van der Waals surface area contributed by atoms with Crippen molar-refractivity contribution in [2.75, 3.05) is 20.7 Å². The minimum Gasteiger partial charge on any atom is -0.380 e. The zero-order chi connectivity index (χ0) is 8.43. The highest BCUT2D eigenvalue weighted by Crippen LogP contribution is 2.23. The second-order valence-electron chi connectivity index (χ2n) is 3.27. The van der Waals surface area contributed by atoms with E-state index in [9.17, 15) is 0 Å². The Morgan fingerprint density at radius 3 is 2.73 bits per heavy atom. The van der Waals surface area contributed by atoms with E-state index in [0.29, 0.717) is 6.04 Å². The number of rotatable bonds is 2. The Morgan fingerprint density at radius 2 is 2.36 bits per heavy atom. The lowest BCUT2D eigenvalue weighted by atomic mass is 10.1. The van der Waals surface area contributed by atoms with Gasteiger partial charge in [-0.2, -0.15) is 0 Å². The zero-order valence-electron chi connectivity index (χ0n) is 7.63. The number of nitrogens with zero attached hydrogens (tertiary/aromatic N) is 1. The van der Waals surface area contributed by atoms with Crippen molar-refractivity contribution in [1.82, 2.24) is 4.90 Å². The molecule has 0 aromatic carbocycles. The standard InChI is InChI=1S/C9H17NO/c1-7-5-6-10(3)9(7)8(2)11-4/h8-9H,1,5-6H2,2-4H3. The Kier molecular flexibility index (Phi) is 2.68. The molecule has 0 aromatic rings. The number of ether oxygens (including phenoxy) is 1. The van der Waals surface area contributed by atoms with E-state index in [1.807, 2.05) is 0 Å². The van der Waals surface area contributed by atoms with Gasteiger partial charge < -0.3 is 4.74 Å². The summed E-state index contributed by atoms with van der Waals surface area (Å²) in [7, 11) is 3.88. The van der Waals surface area contributed by atoms with E-state index in [1.54, 1.807) is 7.11 Å². The Hall–Kier alpha value is -0.340. The molecule has 0 saturated carbocycles. The summed E-state index contributed by atoms with van der Waals surface area (Å²) in [6, 6.07) is 0.431. The van der Waals surface area contributed by atoms with Crippen molar-refractivity contribution in [1.29, 1.82) is 0 Å². The van der Waals surface area contributed by atoms with Crippen molar-refractivity contribution in [3.8, 4) is 0 Å². The Balaban J connectivity index is 2.60. The van der Waals surface area contributed by atoms with Gasteiger partial charge in [-0.15, -0.1) is 0 Å². The summed E-state index contributed by atoms with van der Waals surface area (Å²) in [4.78, 5) is 2.30. The van der Waals surface area contributed by atoms with E-state index in [0.717, 1.165) is 13.0 Å². The second kappa shape index (κ2) is 3.37. The van der Waals surface area contributed by atoms with Crippen LogP contribution in [-0.2, 0) is 4.74 Å². The Morgan fingerprint density at radius 1 is 1.73 bits per heavy atom. The monoisotopic (exact) mass is 155 g/mol. The van der Waals surface area contributed by atoms with Crippen molar-refractivity contribution in [3.63, 3.8) is 0 Å². The van der Waals surface area contributed by atoms with E-state index in [2.05, 4.69) is 25.5 Å². The maximum atomic E-state index is 5.27. The van der Waals surface area contributed by atoms with Gasteiger partial charge in [0.2, 0.25) is 0 Å². The van der Waals surface area contributed by atoms with Gasteiger partial charge in [0.1, 0.15) is 0 Å². The van der Waals surface area contributed by atoms with E-state index in [-0.39, 0.29) is 6.10 Å². The first-order valence-electron chi connectivity index (χ1n) is 4.07. The van der Waals surface area contributed by atoms with Crippen LogP contribution in [0.5, 0.6) is 0 Å². The predicted octanol–water partition coefficient (Wildman–Crippen LogP) is 1.28. The molecule has 11 heavy (non-hydrogen) atoms. The molecule has 2 nitrogen and oxygen atoms in total. The van der Waals surface area contributed by atoms with Gasteiger partial charge in [0.25, 0.3) is 0 Å². The first kappa shape index (κ1) is 8.75. The first-order valence-corrected chi connectivity index (χ1v) is 4.07. The lowest BCUT2D eigenvalue weighted by molar-refractivity contribution is 0.0646. The van der Waals surface area contributed by atoms with Gasteiger partial charge in [-0.3, -0.25) is 4.90 Å². The lowest BCUT2D eigenvalue weighted by Crippen LogP contribution is -2.36. The summed E-state index contributed by atoms with van der Waals surface area (Å²) in [6.45, 7) is 7.25. The van der Waals surface area contributed by atoms with Gasteiger partial charge in [0.15, 0.2) is 0 Å². The summed E-state index contributed by atoms with van der Waals surface area (Å²) in [6.07, 6.45) is 1.39. The molecule has 1 aliphatic rings. The zero-order valence-corrected chi connectivity index (χ0v) is 7.63. The highest BCUT2D eigenvalue weighted by molar-refractivity contribution is 5.13. The van der Waals surface area contributed by atoms with Crippen molar-refractivity contribution in [2.45, 2.75) is 25.5 Å². The topological polar surface area (TPSA) is 12.5 Å². The first-order chi connectivity index (χ1) is 5.16. The molecule has 0 N–H and O–H groups in total. The average molecular weight is 155 g/mol. The second-order valence-corrected chi connectivity index (χ2v) is 3.27. The molecular weight excluding hydrogens is 138 g/mol. The highest BCUT2D eigenvalue weighted by atomic mass is 16.5. The van der Waals surface area contributed by atoms with E-state index in [1.165, 1.54) is 5.57 Å². The van der Waals surface area contributed by atoms with E-state index >= 15 is 0 Å². The minimum atomic E-state index is 0.273. The molecular formula is C9H17NO. The van der Waals surface area contributed by atoms with Gasteiger partial charge >= 0.3 is 0 Å². The van der Waals surface area contributed by atoms with Crippen molar-refractivity contribution in [3.05, 3.63) is 12.2 Å². The third-order valence-corrected chi connectivity index (χ3v) is 2.50. The molecule has 1 saturated heterocycles. The highest BCUT2D eigenvalue weighted by Gasteiger charge is 2.29. The van der Waals surface area contributed by atoms with Gasteiger partial charge in [0, 0.05) is 13.7 Å². The molecule has 0 aliphatic carbocycles. The number of hydrogen-bond donors (Lipinski definition) is 0. The largest absolute Gasteiger partial charge is 0.380 e. The minimum absolute atomic E-state index is 0.273. The van der Waals surface area contributed by atoms with Crippen LogP contribution >= 0.6 is 0 Å². The molecule has 1 rings (SSSR count). The van der Waals surface area contributed by atoms with Crippen LogP contribution in [0.15, 0.2) is 12.2 Å². The number of hydrogen-bond acceptors (Lipinski definition) is 2. The molecule has 1 heterocycles. The molecule has 0 aromatic heterocycles. The van der Waals surface area contributed by atoms with Crippen LogP contribution < -0.4 is 0 Å². The van der Waals surface area contributed by atoms with E-state index < -0.39 is 0 Å². The third kappa shape index (κ3) is 1.63. The van der Waals surface area contributed by atoms with Gasteiger partial charge in [-0.1, -0.05) is 12.2 Å². The van der Waals surface area contributed by atoms with Crippen molar-refractivity contribution >= 4 is 0 Å². The van der Waals surface area contributed by atoms with Crippen LogP contribution in [0, 0.1) is 0 Å². The summed E-state index contributed by atoms with van der Waals surface area (Å²) in [5.74, 6) is 0. The van der Waals surface area contributed by atoms with Crippen LogP contribution in [0.1, 0.15) is 13.3 Å². The smallest absolute Gasteiger partial charge is 0.0736 e. The summed E-state index contributed by atoms with van der Waals surface area (Å²) in [5, 5.41) is 0. The molecule has 1 aliphatic heterocycles. The molecule has 0 amide bonds. The van der Waals surface area contributed by atoms with Crippen LogP contribution in [-0.4, -0.2) is 37.7 Å². The molecule has 0 bridgehead atoms. The molecule has 0 spiro atoms. The average Bonchev–Trinajstić information content (AvgIpc) is 2.30. The van der Waals surface area contributed by atoms with Crippen LogP contribution in [0.2, 0.25) is 0 Å². The van der Waals surface area contributed by atoms with Crippen molar-refractivity contribution in [2.24, 2.45) is 0 Å². The molecule has 0 radical (unpaired) electrons. The summed E-state index contributed by atoms with van der Waals surface area (Å²) >= 11 is 0.